The summed E-state index contributed by atoms with van der Waals surface area (Å²) in [5.41, 5.74) is 4.62. The fourth-order valence-electron chi connectivity index (χ4n) is 2.38. The van der Waals surface area contributed by atoms with Crippen molar-refractivity contribution in [3.8, 4) is 0 Å². The molecule has 1 amide bonds. The van der Waals surface area contributed by atoms with Gasteiger partial charge >= 0.3 is 0 Å². The molecule has 3 N–H and O–H groups in total. The van der Waals surface area contributed by atoms with E-state index in [4.69, 9.17) is 10.9 Å². The number of hydrogen-bond donors (Lipinski definition) is 2. The zero-order chi connectivity index (χ0) is 15.0. The molecule has 2 rings (SSSR count). The number of thioether (sulfide) groups is 1. The molecule has 0 spiro atoms. The van der Waals surface area contributed by atoms with Gasteiger partial charge in [0, 0.05) is 23.8 Å². The Kier molecular flexibility index (Phi) is 4.19. The maximum atomic E-state index is 12.6. The molecule has 1 saturated carbocycles. The molecule has 0 aromatic heterocycles. The third-order valence-corrected chi connectivity index (χ3v) is 7.21. The monoisotopic (exact) mass is 321 g/mol. The minimum absolute atomic E-state index is 0.00141. The largest absolute Gasteiger partial charge is 0.409 e. The quantitative estimate of drug-likeness (QED) is 0.322. The molecule has 2 aliphatic rings. The summed E-state index contributed by atoms with van der Waals surface area (Å²) in [6, 6.07) is 0. The fourth-order valence-corrected chi connectivity index (χ4v) is 5.34. The number of rotatable bonds is 4. The van der Waals surface area contributed by atoms with E-state index < -0.39 is 20.6 Å². The van der Waals surface area contributed by atoms with Gasteiger partial charge in [-0.3, -0.25) is 4.79 Å². The second kappa shape index (κ2) is 5.44. The lowest BCUT2D eigenvalue weighted by molar-refractivity contribution is -0.135. The van der Waals surface area contributed by atoms with Crippen LogP contribution in [0, 0.1) is 5.41 Å². The maximum absolute atomic E-state index is 12.6. The number of amidine groups is 1. The highest BCUT2D eigenvalue weighted by molar-refractivity contribution is 8.01. The van der Waals surface area contributed by atoms with Crippen molar-refractivity contribution in [3.63, 3.8) is 0 Å². The molecule has 0 radical (unpaired) electrons. The Labute approximate surface area is 122 Å². The summed E-state index contributed by atoms with van der Waals surface area (Å²) in [5, 5.41) is 10.9. The van der Waals surface area contributed by atoms with Gasteiger partial charge in [0.25, 0.3) is 0 Å². The zero-order valence-corrected chi connectivity index (χ0v) is 12.9. The second-order valence-electron chi connectivity index (χ2n) is 5.05. The Morgan fingerprint density at radius 3 is 2.70 bits per heavy atom. The first kappa shape index (κ1) is 15.4. The van der Waals surface area contributed by atoms with Crippen LogP contribution in [0.25, 0.3) is 0 Å². The average molecular weight is 321 g/mol. The van der Waals surface area contributed by atoms with Crippen molar-refractivity contribution < 1.29 is 18.4 Å². The van der Waals surface area contributed by atoms with Gasteiger partial charge in [-0.25, -0.2) is 8.42 Å². The third kappa shape index (κ3) is 2.48. The molecule has 9 heteroatoms. The Hall–Kier alpha value is -0.960. The third-order valence-electron chi connectivity index (χ3n) is 3.92. The molecule has 1 unspecified atom stereocenters. The van der Waals surface area contributed by atoms with E-state index in [9.17, 15) is 13.2 Å². The standard InChI is InChI=1S/C11H19N3O4S2/c1-2-20(17,18)8-7-19-6-5-14(8)10(15)11(3-4-11)9(12)13-16/h8,16H,2-7H2,1H3,(H2,12,13). The minimum atomic E-state index is -3.34. The summed E-state index contributed by atoms with van der Waals surface area (Å²) in [5.74, 6) is 0.643. The van der Waals surface area contributed by atoms with Gasteiger partial charge in [0.2, 0.25) is 5.91 Å². The van der Waals surface area contributed by atoms with Crippen molar-refractivity contribution >= 4 is 33.3 Å². The van der Waals surface area contributed by atoms with Crippen molar-refractivity contribution in [1.29, 1.82) is 0 Å². The lowest BCUT2D eigenvalue weighted by atomic mass is 10.0. The van der Waals surface area contributed by atoms with Crippen LogP contribution in [0.2, 0.25) is 0 Å². The zero-order valence-electron chi connectivity index (χ0n) is 11.3. The van der Waals surface area contributed by atoms with Crippen LogP contribution >= 0.6 is 11.8 Å². The number of hydrogen-bond acceptors (Lipinski definition) is 6. The predicted octanol–water partition coefficient (Wildman–Crippen LogP) is -0.151. The number of carbonyl (C=O) groups is 1. The van der Waals surface area contributed by atoms with Gasteiger partial charge in [-0.15, -0.1) is 0 Å². The van der Waals surface area contributed by atoms with E-state index in [0.29, 0.717) is 30.9 Å². The van der Waals surface area contributed by atoms with Crippen LogP contribution < -0.4 is 5.73 Å². The lowest BCUT2D eigenvalue weighted by Crippen LogP contribution is -2.54. The molecule has 114 valence electrons. The first-order valence-electron chi connectivity index (χ1n) is 6.47. The average Bonchev–Trinajstić information content (AvgIpc) is 3.27. The maximum Gasteiger partial charge on any atom is 0.237 e. The van der Waals surface area contributed by atoms with E-state index in [1.165, 1.54) is 16.7 Å². The fraction of sp³-hybridized carbons (Fsp3) is 0.818. The van der Waals surface area contributed by atoms with Gasteiger partial charge < -0.3 is 15.8 Å². The van der Waals surface area contributed by atoms with Crippen molar-refractivity contribution in [2.45, 2.75) is 25.1 Å². The molecule has 0 aromatic rings. The van der Waals surface area contributed by atoms with Gasteiger partial charge in [0.15, 0.2) is 15.7 Å². The molecule has 1 aliphatic carbocycles. The van der Waals surface area contributed by atoms with E-state index in [0.717, 1.165) is 0 Å². The highest BCUT2D eigenvalue weighted by atomic mass is 32.2. The van der Waals surface area contributed by atoms with Crippen LogP contribution in [-0.2, 0) is 14.6 Å². The smallest absolute Gasteiger partial charge is 0.237 e. The summed E-state index contributed by atoms with van der Waals surface area (Å²) >= 11 is 1.53. The lowest BCUT2D eigenvalue weighted by Gasteiger charge is -2.36. The number of nitrogens with zero attached hydrogens (tertiary/aromatic N) is 2. The Morgan fingerprint density at radius 1 is 1.55 bits per heavy atom. The summed E-state index contributed by atoms with van der Waals surface area (Å²) in [6.07, 6.45) is 1.01. The number of carbonyl (C=O) groups excluding carboxylic acids is 1. The van der Waals surface area contributed by atoms with Crippen LogP contribution in [0.4, 0.5) is 0 Å². The topological polar surface area (TPSA) is 113 Å². The molecule has 1 heterocycles. The Bertz CT molecular complexity index is 528. The van der Waals surface area contributed by atoms with Crippen LogP contribution in [0.1, 0.15) is 19.8 Å². The van der Waals surface area contributed by atoms with E-state index in [1.54, 1.807) is 6.92 Å². The van der Waals surface area contributed by atoms with Gasteiger partial charge in [0.05, 0.1) is 0 Å². The molecule has 20 heavy (non-hydrogen) atoms. The van der Waals surface area contributed by atoms with Crippen LogP contribution in [-0.4, -0.2) is 59.4 Å². The first-order valence-corrected chi connectivity index (χ1v) is 9.34. The molecule has 1 aliphatic heterocycles. The van der Waals surface area contributed by atoms with Crippen molar-refractivity contribution in [3.05, 3.63) is 0 Å². The normalized spacial score (nSPS) is 26.4. The number of nitrogens with two attached hydrogens (primary N) is 1. The summed E-state index contributed by atoms with van der Waals surface area (Å²) < 4.78 is 24.3. The highest BCUT2D eigenvalue weighted by Gasteiger charge is 2.57. The minimum Gasteiger partial charge on any atom is -0.409 e. The van der Waals surface area contributed by atoms with Gasteiger partial charge in [-0.2, -0.15) is 11.8 Å². The Morgan fingerprint density at radius 2 is 2.20 bits per heavy atom. The summed E-state index contributed by atoms with van der Waals surface area (Å²) in [7, 11) is -3.34. The number of amides is 1. The molecular weight excluding hydrogens is 302 g/mol. The first-order chi connectivity index (χ1) is 9.39. The van der Waals surface area contributed by atoms with Gasteiger partial charge in [0.1, 0.15) is 10.8 Å². The van der Waals surface area contributed by atoms with Gasteiger partial charge in [-0.05, 0) is 12.8 Å². The second-order valence-corrected chi connectivity index (χ2v) is 8.64. The van der Waals surface area contributed by atoms with E-state index in [2.05, 4.69) is 5.16 Å². The van der Waals surface area contributed by atoms with Gasteiger partial charge in [-0.1, -0.05) is 12.1 Å². The molecule has 1 atom stereocenters. The summed E-state index contributed by atoms with van der Waals surface area (Å²) in [4.78, 5) is 14.0. The predicted molar refractivity (Wildman–Crippen MR) is 77.4 cm³/mol. The highest BCUT2D eigenvalue weighted by Crippen LogP contribution is 2.48. The molecule has 0 aromatic carbocycles. The molecule has 1 saturated heterocycles. The number of sulfone groups is 1. The van der Waals surface area contributed by atoms with Crippen LogP contribution in [0.5, 0.6) is 0 Å². The summed E-state index contributed by atoms with van der Waals surface area (Å²) in [6.45, 7) is 1.96. The Balaban J connectivity index is 2.28. The van der Waals surface area contributed by atoms with Crippen molar-refractivity contribution in [2.75, 3.05) is 23.8 Å². The van der Waals surface area contributed by atoms with E-state index >= 15 is 0 Å². The SMILES string of the molecule is CCS(=O)(=O)C1CSCCN1C(=O)C1(C(N)=NO)CC1. The molecule has 0 bridgehead atoms. The van der Waals surface area contributed by atoms with E-state index in [1.807, 2.05) is 0 Å². The molecule has 2 fully saturated rings. The van der Waals surface area contributed by atoms with Crippen LogP contribution in [0.3, 0.4) is 0 Å². The van der Waals surface area contributed by atoms with Crippen LogP contribution in [0.15, 0.2) is 5.16 Å². The molecule has 7 nitrogen and oxygen atoms in total. The van der Waals surface area contributed by atoms with Crippen molar-refractivity contribution in [1.82, 2.24) is 4.90 Å². The molecular formula is C11H19N3O4S2. The number of oxime groups is 1. The van der Waals surface area contributed by atoms with Crippen molar-refractivity contribution in [2.24, 2.45) is 16.3 Å². The van der Waals surface area contributed by atoms with E-state index in [-0.39, 0.29) is 17.5 Å².